The molecule has 0 amide bonds. The molecule has 0 saturated carbocycles. The Morgan fingerprint density at radius 3 is 2.89 bits per heavy atom. The minimum Gasteiger partial charge on any atom is -0.378 e. The van der Waals surface area contributed by atoms with Crippen LogP contribution in [0.15, 0.2) is 41.2 Å². The smallest absolute Gasteiger partial charge is 0.254 e. The SMILES string of the molecule is COCc1cc(NCCc2nc(-c3ccc(Cl)cc3)no2)n2ncnc2n1. The molecule has 0 fully saturated rings. The number of benzene rings is 1. The van der Waals surface area contributed by atoms with Crippen molar-refractivity contribution in [3.05, 3.63) is 53.3 Å². The first-order valence-electron chi connectivity index (χ1n) is 8.24. The summed E-state index contributed by atoms with van der Waals surface area (Å²) in [5.74, 6) is 2.34. The highest BCUT2D eigenvalue weighted by molar-refractivity contribution is 6.30. The lowest BCUT2D eigenvalue weighted by Crippen LogP contribution is -2.11. The molecule has 0 saturated heterocycles. The second-order valence-corrected chi connectivity index (χ2v) is 6.17. The zero-order valence-corrected chi connectivity index (χ0v) is 15.2. The summed E-state index contributed by atoms with van der Waals surface area (Å²) in [6, 6.07) is 9.16. The minimum absolute atomic E-state index is 0.395. The van der Waals surface area contributed by atoms with E-state index in [4.69, 9.17) is 20.9 Å². The van der Waals surface area contributed by atoms with Gasteiger partial charge in [-0.25, -0.2) is 4.98 Å². The molecule has 0 spiro atoms. The van der Waals surface area contributed by atoms with Gasteiger partial charge in [-0.15, -0.1) is 0 Å². The topological polar surface area (TPSA) is 103 Å². The molecule has 0 aliphatic carbocycles. The van der Waals surface area contributed by atoms with E-state index in [1.54, 1.807) is 23.8 Å². The zero-order valence-electron chi connectivity index (χ0n) is 14.5. The van der Waals surface area contributed by atoms with E-state index in [1.165, 1.54) is 6.33 Å². The number of rotatable bonds is 7. The highest BCUT2D eigenvalue weighted by Gasteiger charge is 2.10. The molecule has 10 heteroatoms. The van der Waals surface area contributed by atoms with E-state index < -0.39 is 0 Å². The lowest BCUT2D eigenvalue weighted by molar-refractivity contribution is 0.181. The van der Waals surface area contributed by atoms with Crippen LogP contribution >= 0.6 is 11.6 Å². The normalized spacial score (nSPS) is 11.2. The Labute approximate surface area is 159 Å². The van der Waals surface area contributed by atoms with Crippen molar-refractivity contribution in [1.29, 1.82) is 0 Å². The standard InChI is InChI=1S/C17H16ClN7O2/c1-26-9-13-8-14(25-17(22-13)20-10-21-25)19-7-6-15-23-16(24-27-15)11-2-4-12(18)5-3-11/h2-5,8,10,19H,6-7,9H2,1H3. The highest BCUT2D eigenvalue weighted by atomic mass is 35.5. The van der Waals surface area contributed by atoms with Crippen molar-refractivity contribution in [2.45, 2.75) is 13.0 Å². The number of hydrogen-bond donors (Lipinski definition) is 1. The van der Waals surface area contributed by atoms with Gasteiger partial charge in [0.2, 0.25) is 11.7 Å². The summed E-state index contributed by atoms with van der Waals surface area (Å²) < 4.78 is 12.1. The van der Waals surface area contributed by atoms with Crippen LogP contribution in [-0.2, 0) is 17.8 Å². The van der Waals surface area contributed by atoms with E-state index in [0.717, 1.165) is 17.1 Å². The summed E-state index contributed by atoms with van der Waals surface area (Å²) in [6.45, 7) is 0.972. The molecule has 1 N–H and O–H groups in total. The molecule has 0 bridgehead atoms. The van der Waals surface area contributed by atoms with Gasteiger partial charge in [-0.2, -0.15) is 19.6 Å². The summed E-state index contributed by atoms with van der Waals surface area (Å²) in [7, 11) is 1.62. The zero-order chi connectivity index (χ0) is 18.6. The first-order valence-corrected chi connectivity index (χ1v) is 8.62. The van der Waals surface area contributed by atoms with Crippen molar-refractivity contribution >= 4 is 23.2 Å². The molecule has 3 heterocycles. The molecular formula is C17H16ClN7O2. The lowest BCUT2D eigenvalue weighted by atomic mass is 10.2. The summed E-state index contributed by atoms with van der Waals surface area (Å²) in [5.41, 5.74) is 1.62. The van der Waals surface area contributed by atoms with Gasteiger partial charge in [-0.05, 0) is 24.3 Å². The lowest BCUT2D eigenvalue weighted by Gasteiger charge is -2.08. The average molecular weight is 386 g/mol. The predicted octanol–water partition coefficient (Wildman–Crippen LogP) is 2.63. The van der Waals surface area contributed by atoms with Crippen LogP contribution in [0.4, 0.5) is 5.82 Å². The van der Waals surface area contributed by atoms with Gasteiger partial charge in [0.25, 0.3) is 5.78 Å². The van der Waals surface area contributed by atoms with Gasteiger partial charge in [0.1, 0.15) is 12.1 Å². The Kier molecular flexibility index (Phi) is 4.95. The van der Waals surface area contributed by atoms with Gasteiger partial charge in [0.05, 0.1) is 12.3 Å². The van der Waals surface area contributed by atoms with Crippen molar-refractivity contribution in [2.24, 2.45) is 0 Å². The molecule has 27 heavy (non-hydrogen) atoms. The van der Waals surface area contributed by atoms with Crippen molar-refractivity contribution < 1.29 is 9.26 Å². The number of nitrogens with one attached hydrogen (secondary N) is 1. The molecule has 0 radical (unpaired) electrons. The van der Waals surface area contributed by atoms with E-state index in [-0.39, 0.29) is 0 Å². The monoisotopic (exact) mass is 385 g/mol. The van der Waals surface area contributed by atoms with E-state index in [2.05, 4.69) is 30.5 Å². The molecule has 0 unspecified atom stereocenters. The van der Waals surface area contributed by atoms with Crippen LogP contribution in [0, 0.1) is 0 Å². The van der Waals surface area contributed by atoms with E-state index in [0.29, 0.717) is 42.1 Å². The second kappa shape index (κ2) is 7.68. The van der Waals surface area contributed by atoms with Gasteiger partial charge >= 0.3 is 0 Å². The maximum atomic E-state index is 5.90. The quantitative estimate of drug-likeness (QED) is 0.517. The molecule has 9 nitrogen and oxygen atoms in total. The number of methoxy groups -OCH3 is 1. The van der Waals surface area contributed by atoms with Crippen LogP contribution in [-0.4, -0.2) is 43.4 Å². The van der Waals surface area contributed by atoms with Gasteiger partial charge in [0.15, 0.2) is 0 Å². The molecule has 3 aromatic heterocycles. The Bertz CT molecular complexity index is 1050. The fourth-order valence-corrected chi connectivity index (χ4v) is 2.71. The van der Waals surface area contributed by atoms with E-state index >= 15 is 0 Å². The molecule has 4 aromatic rings. The first kappa shape index (κ1) is 17.4. The third-order valence-corrected chi connectivity index (χ3v) is 4.06. The van der Waals surface area contributed by atoms with Gasteiger partial charge < -0.3 is 14.6 Å². The number of halogens is 1. The van der Waals surface area contributed by atoms with Crippen molar-refractivity contribution in [2.75, 3.05) is 19.0 Å². The van der Waals surface area contributed by atoms with Crippen molar-refractivity contribution in [3.8, 4) is 11.4 Å². The fourth-order valence-electron chi connectivity index (χ4n) is 2.58. The number of fused-ring (bicyclic) bond motifs is 1. The third kappa shape index (κ3) is 3.88. The van der Waals surface area contributed by atoms with E-state index in [1.807, 2.05) is 18.2 Å². The summed E-state index contributed by atoms with van der Waals surface area (Å²) >= 11 is 5.90. The maximum Gasteiger partial charge on any atom is 0.254 e. The third-order valence-electron chi connectivity index (χ3n) is 3.81. The van der Waals surface area contributed by atoms with Crippen molar-refractivity contribution in [1.82, 2.24) is 29.7 Å². The summed E-state index contributed by atoms with van der Waals surface area (Å²) in [6.07, 6.45) is 2.01. The van der Waals surface area contributed by atoms with Gasteiger partial charge in [-0.3, -0.25) is 0 Å². The van der Waals surface area contributed by atoms with Crippen LogP contribution in [0.3, 0.4) is 0 Å². The minimum atomic E-state index is 0.395. The molecule has 0 atom stereocenters. The Morgan fingerprint density at radius 2 is 2.07 bits per heavy atom. The number of nitrogens with zero attached hydrogens (tertiary/aromatic N) is 6. The first-order chi connectivity index (χ1) is 13.2. The number of ether oxygens (including phenoxy) is 1. The average Bonchev–Trinajstić information content (AvgIpc) is 3.32. The van der Waals surface area contributed by atoms with Crippen LogP contribution in [0.1, 0.15) is 11.6 Å². The van der Waals surface area contributed by atoms with Crippen LogP contribution in [0.25, 0.3) is 17.2 Å². The number of hydrogen-bond acceptors (Lipinski definition) is 8. The Hall–Kier alpha value is -3.04. The number of anilines is 1. The molecule has 0 aliphatic heterocycles. The van der Waals surface area contributed by atoms with Crippen molar-refractivity contribution in [3.63, 3.8) is 0 Å². The molecule has 4 rings (SSSR count). The molecular weight excluding hydrogens is 370 g/mol. The molecule has 138 valence electrons. The Morgan fingerprint density at radius 1 is 1.22 bits per heavy atom. The summed E-state index contributed by atoms with van der Waals surface area (Å²) in [5, 5.41) is 12.1. The molecule has 0 aliphatic rings. The van der Waals surface area contributed by atoms with Gasteiger partial charge in [0, 0.05) is 36.7 Å². The second-order valence-electron chi connectivity index (χ2n) is 5.73. The fraction of sp³-hybridized carbons (Fsp3) is 0.235. The van der Waals surface area contributed by atoms with Crippen LogP contribution in [0.2, 0.25) is 5.02 Å². The maximum absolute atomic E-state index is 5.90. The Balaban J connectivity index is 1.44. The van der Waals surface area contributed by atoms with Crippen LogP contribution in [0.5, 0.6) is 0 Å². The summed E-state index contributed by atoms with van der Waals surface area (Å²) in [4.78, 5) is 12.9. The predicted molar refractivity (Wildman–Crippen MR) is 98.4 cm³/mol. The van der Waals surface area contributed by atoms with Crippen LogP contribution < -0.4 is 5.32 Å². The highest BCUT2D eigenvalue weighted by Crippen LogP contribution is 2.19. The van der Waals surface area contributed by atoms with Gasteiger partial charge in [-0.1, -0.05) is 16.8 Å². The molecule has 1 aromatic carbocycles. The largest absolute Gasteiger partial charge is 0.378 e. The van der Waals surface area contributed by atoms with E-state index in [9.17, 15) is 0 Å². The number of aromatic nitrogens is 6.